The van der Waals surface area contributed by atoms with Gasteiger partial charge in [-0.05, 0) is 12.8 Å². The zero-order chi connectivity index (χ0) is 22.6. The molecule has 0 aromatic rings. The molecule has 1 nitrogen and oxygen atoms in total. The van der Waals surface area contributed by atoms with Gasteiger partial charge >= 0.3 is 0 Å². The summed E-state index contributed by atoms with van der Waals surface area (Å²) in [5.74, 6) is 0. The highest BCUT2D eigenvalue weighted by Crippen LogP contribution is 2.37. The second-order valence-corrected chi connectivity index (χ2v) is 10.8. The van der Waals surface area contributed by atoms with Crippen molar-refractivity contribution in [3.05, 3.63) is 0 Å². The molecule has 0 rings (SSSR count). The van der Waals surface area contributed by atoms with E-state index >= 15 is 0 Å². The molecule has 0 bridgehead atoms. The summed E-state index contributed by atoms with van der Waals surface area (Å²) in [5, 5.41) is 0. The molecule has 0 spiro atoms. The van der Waals surface area contributed by atoms with Crippen LogP contribution in [0.2, 0.25) is 0 Å². The maximum atomic E-state index is 2.51. The lowest BCUT2D eigenvalue weighted by Crippen LogP contribution is -2.59. The fourth-order valence-electron chi connectivity index (χ4n) is 5.84. The van der Waals surface area contributed by atoms with E-state index < -0.39 is 0 Å². The second-order valence-electron chi connectivity index (χ2n) is 10.8. The van der Waals surface area contributed by atoms with Crippen molar-refractivity contribution < 1.29 is 4.48 Å². The molecule has 0 aromatic heterocycles. The number of rotatable bonds is 23. The summed E-state index contributed by atoms with van der Waals surface area (Å²) in [6.07, 6.45) is 30.2. The third-order valence-corrected chi connectivity index (χ3v) is 7.74. The molecule has 0 heterocycles. The molecule has 0 aliphatic rings. The zero-order valence-corrected chi connectivity index (χ0v) is 22.5. The normalized spacial score (nSPS) is 12.6. The Morgan fingerprint density at radius 3 is 1.10 bits per heavy atom. The summed E-state index contributed by atoms with van der Waals surface area (Å²) < 4.78 is 1.24. The zero-order valence-electron chi connectivity index (χ0n) is 22.5. The van der Waals surface area contributed by atoms with Gasteiger partial charge in [-0.2, -0.15) is 0 Å². The highest BCUT2D eigenvalue weighted by atomic mass is 15.4. The van der Waals surface area contributed by atoms with Crippen LogP contribution in [0.15, 0.2) is 0 Å². The lowest BCUT2D eigenvalue weighted by molar-refractivity contribution is -0.943. The summed E-state index contributed by atoms with van der Waals surface area (Å²) in [7, 11) is 5.03. The molecule has 30 heavy (non-hydrogen) atoms. The minimum Gasteiger partial charge on any atom is -0.324 e. The average Bonchev–Trinajstić information content (AvgIpc) is 2.71. The molecule has 0 saturated heterocycles. The van der Waals surface area contributed by atoms with Gasteiger partial charge in [0.15, 0.2) is 0 Å². The topological polar surface area (TPSA) is 0 Å². The predicted molar refractivity (Wildman–Crippen MR) is 139 cm³/mol. The highest BCUT2D eigenvalue weighted by Gasteiger charge is 2.42. The van der Waals surface area contributed by atoms with Crippen molar-refractivity contribution in [2.75, 3.05) is 20.6 Å². The van der Waals surface area contributed by atoms with E-state index in [-0.39, 0.29) is 0 Å². The first-order chi connectivity index (χ1) is 14.5. The molecule has 0 aliphatic heterocycles. The summed E-state index contributed by atoms with van der Waals surface area (Å²) in [6, 6.07) is 0. The van der Waals surface area contributed by atoms with Gasteiger partial charge in [0.1, 0.15) is 0 Å². The molecule has 1 heteroatoms. The lowest BCUT2D eigenvalue weighted by Gasteiger charge is -2.49. The minimum atomic E-state index is 0.524. The van der Waals surface area contributed by atoms with Crippen LogP contribution in [0.3, 0.4) is 0 Å². The fraction of sp³-hybridized carbons (Fsp3) is 1.00. The van der Waals surface area contributed by atoms with Crippen molar-refractivity contribution in [3.8, 4) is 0 Å². The number of hydrogen-bond donors (Lipinski definition) is 0. The molecule has 0 radical (unpaired) electrons. The molecule has 0 saturated carbocycles. The first kappa shape index (κ1) is 30.0. The van der Waals surface area contributed by atoms with Gasteiger partial charge in [-0.15, -0.1) is 0 Å². The largest absolute Gasteiger partial charge is 0.324 e. The highest BCUT2D eigenvalue weighted by molar-refractivity contribution is 4.81. The van der Waals surface area contributed by atoms with Crippen LogP contribution >= 0.6 is 0 Å². The van der Waals surface area contributed by atoms with Gasteiger partial charge in [0.25, 0.3) is 0 Å². The van der Waals surface area contributed by atoms with Crippen LogP contribution in [0.1, 0.15) is 163 Å². The Kier molecular flexibility index (Phi) is 19.6. The Morgan fingerprint density at radius 1 is 0.400 bits per heavy atom. The van der Waals surface area contributed by atoms with E-state index in [0.717, 1.165) is 0 Å². The van der Waals surface area contributed by atoms with Crippen LogP contribution in [0.4, 0.5) is 0 Å². The lowest BCUT2D eigenvalue weighted by atomic mass is 9.80. The minimum absolute atomic E-state index is 0.524. The standard InChI is InChI=1S/C29H62N/c1-7-11-12-13-14-15-16-17-18-19-20-21-22-23-24-27-29(25-8-2,26-9-3)30(5,6)28-10-4/h7-28H2,1-6H3/q+1. The summed E-state index contributed by atoms with van der Waals surface area (Å²) >= 11 is 0. The summed E-state index contributed by atoms with van der Waals surface area (Å²) in [4.78, 5) is 0. The third-order valence-electron chi connectivity index (χ3n) is 7.74. The van der Waals surface area contributed by atoms with Gasteiger partial charge in [-0.3, -0.25) is 0 Å². The van der Waals surface area contributed by atoms with Gasteiger partial charge < -0.3 is 4.48 Å². The van der Waals surface area contributed by atoms with E-state index in [1.165, 1.54) is 146 Å². The Bertz CT molecular complexity index is 340. The Balaban J connectivity index is 3.87. The fourth-order valence-corrected chi connectivity index (χ4v) is 5.84. The van der Waals surface area contributed by atoms with Crippen molar-refractivity contribution in [1.82, 2.24) is 0 Å². The Morgan fingerprint density at radius 2 is 0.767 bits per heavy atom. The van der Waals surface area contributed by atoms with E-state index in [4.69, 9.17) is 0 Å². The molecule has 182 valence electrons. The van der Waals surface area contributed by atoms with Gasteiger partial charge in [-0.1, -0.05) is 130 Å². The molecular formula is C29H62N+. The number of hydrogen-bond acceptors (Lipinski definition) is 0. The van der Waals surface area contributed by atoms with E-state index in [1.807, 2.05) is 0 Å². The average molecular weight is 425 g/mol. The second kappa shape index (κ2) is 19.6. The molecular weight excluding hydrogens is 362 g/mol. The number of quaternary nitrogens is 1. The molecule has 0 amide bonds. The monoisotopic (exact) mass is 424 g/mol. The molecule has 0 aliphatic carbocycles. The number of unbranched alkanes of at least 4 members (excludes halogenated alkanes) is 14. The van der Waals surface area contributed by atoms with Crippen LogP contribution in [-0.2, 0) is 0 Å². The van der Waals surface area contributed by atoms with Crippen molar-refractivity contribution in [1.29, 1.82) is 0 Å². The maximum absolute atomic E-state index is 2.51. The quantitative estimate of drug-likeness (QED) is 0.113. The van der Waals surface area contributed by atoms with Crippen LogP contribution in [0.25, 0.3) is 0 Å². The smallest absolute Gasteiger partial charge is 0.0988 e. The van der Waals surface area contributed by atoms with Crippen molar-refractivity contribution in [2.24, 2.45) is 0 Å². The van der Waals surface area contributed by atoms with Crippen molar-refractivity contribution in [2.45, 2.75) is 168 Å². The van der Waals surface area contributed by atoms with E-state index in [0.29, 0.717) is 5.54 Å². The molecule has 0 fully saturated rings. The molecule has 0 aromatic carbocycles. The van der Waals surface area contributed by atoms with Crippen LogP contribution in [0, 0.1) is 0 Å². The van der Waals surface area contributed by atoms with E-state index in [2.05, 4.69) is 41.8 Å². The van der Waals surface area contributed by atoms with Crippen LogP contribution in [-0.4, -0.2) is 30.7 Å². The summed E-state index contributed by atoms with van der Waals surface area (Å²) in [6.45, 7) is 10.8. The van der Waals surface area contributed by atoms with E-state index in [9.17, 15) is 0 Å². The van der Waals surface area contributed by atoms with Crippen molar-refractivity contribution in [3.63, 3.8) is 0 Å². The SMILES string of the molecule is CCCCCCCCCCCCCCCCCC(CCC)(CCC)[N+](C)(C)CCC. The Hall–Kier alpha value is -0.0400. The van der Waals surface area contributed by atoms with Gasteiger partial charge in [-0.25, -0.2) is 0 Å². The first-order valence-corrected chi connectivity index (χ1v) is 14.3. The summed E-state index contributed by atoms with van der Waals surface area (Å²) in [5.41, 5.74) is 0.524. The molecule has 0 atom stereocenters. The van der Waals surface area contributed by atoms with Crippen molar-refractivity contribution >= 4 is 0 Å². The predicted octanol–water partition coefficient (Wildman–Crippen LogP) is 10.1. The van der Waals surface area contributed by atoms with E-state index in [1.54, 1.807) is 0 Å². The van der Waals surface area contributed by atoms with Crippen LogP contribution < -0.4 is 0 Å². The van der Waals surface area contributed by atoms with Gasteiger partial charge in [0.05, 0.1) is 26.2 Å². The molecule has 0 unspecified atom stereocenters. The molecule has 0 N–H and O–H groups in total. The van der Waals surface area contributed by atoms with Gasteiger partial charge in [0.2, 0.25) is 0 Å². The number of nitrogens with zero attached hydrogens (tertiary/aromatic N) is 1. The third kappa shape index (κ3) is 13.4. The van der Waals surface area contributed by atoms with Crippen LogP contribution in [0.5, 0.6) is 0 Å². The first-order valence-electron chi connectivity index (χ1n) is 14.3. The Labute approximate surface area is 193 Å². The maximum Gasteiger partial charge on any atom is 0.0988 e. The van der Waals surface area contributed by atoms with Gasteiger partial charge in [0, 0.05) is 19.3 Å².